The summed E-state index contributed by atoms with van der Waals surface area (Å²) in [6.45, 7) is 44.5. The van der Waals surface area contributed by atoms with Crippen LogP contribution >= 0.6 is 0 Å². The third kappa shape index (κ3) is 19.6. The van der Waals surface area contributed by atoms with E-state index >= 15 is 4.79 Å². The number of hydrogen-bond donors (Lipinski definition) is 0. The van der Waals surface area contributed by atoms with Crippen LogP contribution in [0, 0.1) is 22.0 Å². The van der Waals surface area contributed by atoms with E-state index in [2.05, 4.69) is 117 Å². The molecule has 3 rings (SSSR count). The summed E-state index contributed by atoms with van der Waals surface area (Å²) in [6.07, 6.45) is 7.22. The summed E-state index contributed by atoms with van der Waals surface area (Å²) in [5.74, 6) is -0.216. The van der Waals surface area contributed by atoms with Crippen LogP contribution in [0.25, 0.3) is 0 Å². The molecule has 0 spiro atoms. The van der Waals surface area contributed by atoms with Crippen LogP contribution in [0.1, 0.15) is 176 Å². The minimum atomic E-state index is -2.43. The van der Waals surface area contributed by atoms with Crippen LogP contribution in [0.3, 0.4) is 0 Å². The predicted octanol–water partition coefficient (Wildman–Crippen LogP) is 16.8. The number of hydrogen-bond acceptors (Lipinski definition) is 10. The number of para-hydroxylation sites is 1. The zero-order chi connectivity index (χ0) is 58.6. The quantitative estimate of drug-likeness (QED) is 0.0342. The number of carbonyl (C=O) groups excluding carboxylic acids is 2. The number of ketones is 1. The summed E-state index contributed by atoms with van der Waals surface area (Å²) < 4.78 is 44.3. The SMILES string of the molecule is C=C1/C=C(\C)[C@](C)(O[Si](CC)(CC)CC)C[C@H](O[Si](CC)(CC)CC)CC(=O)[C@H](O[Si](CC)(CC)CC)[C@@H](O[Si](CC)(CC)CC)[C@H](C)C[C@H](C)OC(=O)/C(C)=C/CCC[C@H]([Se]c2ccccc2[N+](=O)[O-])[C@H]2O[C@@H]2C[C@H](C)C1. The maximum atomic E-state index is 16.1. The summed E-state index contributed by atoms with van der Waals surface area (Å²) in [5.41, 5.74) is 2.12. The molecule has 0 saturated carbocycles. The van der Waals surface area contributed by atoms with E-state index in [0.29, 0.717) is 24.8 Å². The zero-order valence-electron chi connectivity index (χ0n) is 52.4. The Bertz CT molecular complexity index is 2070. The molecule has 1 aromatic carbocycles. The number of esters is 1. The van der Waals surface area contributed by atoms with Gasteiger partial charge < -0.3 is 13.3 Å². The van der Waals surface area contributed by atoms with Crippen LogP contribution in [-0.2, 0) is 36.8 Å². The Hall–Kier alpha value is -1.83. The zero-order valence-corrected chi connectivity index (χ0v) is 58.2. The second-order valence-electron chi connectivity index (χ2n) is 23.8. The van der Waals surface area contributed by atoms with E-state index in [-0.39, 0.29) is 72.6 Å². The van der Waals surface area contributed by atoms with Crippen LogP contribution in [-0.4, -0.2) is 107 Å². The third-order valence-corrected chi connectivity index (χ3v) is 40.5. The first kappa shape index (κ1) is 70.4. The van der Waals surface area contributed by atoms with Crippen molar-refractivity contribution < 1.29 is 41.7 Å². The molecule has 0 N–H and O–H groups in total. The van der Waals surface area contributed by atoms with Crippen LogP contribution in [0.4, 0.5) is 5.69 Å². The summed E-state index contributed by atoms with van der Waals surface area (Å²) >= 11 is -0.202. The van der Waals surface area contributed by atoms with Gasteiger partial charge in [-0.05, 0) is 72.5 Å². The van der Waals surface area contributed by atoms with Crippen LogP contribution in [0.2, 0.25) is 77.3 Å². The van der Waals surface area contributed by atoms with Crippen molar-refractivity contribution in [3.63, 3.8) is 0 Å². The molecule has 10 atom stereocenters. The van der Waals surface area contributed by atoms with E-state index < -0.39 is 63.3 Å². The normalized spacial score (nSPS) is 28.9. The molecule has 11 nitrogen and oxygen atoms in total. The summed E-state index contributed by atoms with van der Waals surface area (Å²) in [6, 6.07) is 18.4. The molecule has 0 amide bonds. The topological polar surface area (TPSA) is 136 Å². The summed E-state index contributed by atoms with van der Waals surface area (Å²) in [7, 11) is -9.37. The Morgan fingerprint density at radius 2 is 1.27 bits per heavy atom. The number of nitro groups is 1. The number of nitro benzene ring substituents is 1. The van der Waals surface area contributed by atoms with Crippen molar-refractivity contribution in [1.29, 1.82) is 0 Å². The van der Waals surface area contributed by atoms with Crippen molar-refractivity contribution in [1.82, 2.24) is 0 Å². The molecule has 16 heteroatoms. The first-order valence-corrected chi connectivity index (χ1v) is 42.9. The third-order valence-electron chi connectivity index (χ3n) is 18.9. The Labute approximate surface area is 486 Å². The van der Waals surface area contributed by atoms with Gasteiger partial charge in [-0.15, -0.1) is 0 Å². The minimum absolute atomic E-state index is 0.00751. The predicted molar refractivity (Wildman–Crippen MR) is 336 cm³/mol. The second-order valence-corrected chi connectivity index (χ2v) is 45.4. The van der Waals surface area contributed by atoms with Gasteiger partial charge in [0, 0.05) is 6.42 Å². The van der Waals surface area contributed by atoms with Crippen molar-refractivity contribution in [3.8, 4) is 0 Å². The van der Waals surface area contributed by atoms with E-state index in [4.69, 9.17) is 33.8 Å². The van der Waals surface area contributed by atoms with Crippen LogP contribution in [0.15, 0.2) is 59.7 Å². The molecular weight excluding hydrogens is 1110 g/mol. The van der Waals surface area contributed by atoms with Gasteiger partial charge >= 0.3 is 272 Å². The van der Waals surface area contributed by atoms with Gasteiger partial charge in [-0.1, -0.05) is 83.1 Å². The number of benzene rings is 1. The van der Waals surface area contributed by atoms with E-state index in [9.17, 15) is 14.9 Å². The Morgan fingerprint density at radius 3 is 1.81 bits per heavy atom. The molecule has 0 aromatic heterocycles. The molecule has 0 radical (unpaired) electrons. The monoisotopic (exact) mass is 1220 g/mol. The van der Waals surface area contributed by atoms with E-state index in [1.54, 1.807) is 12.1 Å². The summed E-state index contributed by atoms with van der Waals surface area (Å²) in [5, 5.41) is 12.2. The number of carbonyl (C=O) groups is 2. The molecule has 2 aliphatic heterocycles. The molecule has 1 fully saturated rings. The maximum absolute atomic E-state index is 16.1. The van der Waals surface area contributed by atoms with Crippen LogP contribution < -0.4 is 4.46 Å². The van der Waals surface area contributed by atoms with Gasteiger partial charge in [-0.3, -0.25) is 4.79 Å². The van der Waals surface area contributed by atoms with Gasteiger partial charge in [-0.25, -0.2) is 0 Å². The molecule has 2 aliphatic rings. The number of cyclic esters (lactones) is 1. The molecule has 0 aliphatic carbocycles. The Balaban J connectivity index is 2.35. The fraction of sp³-hybridized carbons (Fsp3) is 0.774. The summed E-state index contributed by atoms with van der Waals surface area (Å²) in [4.78, 5) is 42.1. The number of epoxide rings is 1. The standard InChI is InChI=1S/C62H111NO10SeSi4/c1-20-75(21-2,22-3)70-52-44-54(64)59(72-77(26-7,27-8)28-9)58(71-76(23-4,24-5)25-6)49(16)43-51(18)68-61(65)48(15)36-32-34-39-57(74-56-38-35-33-37-53(56)63(66)67)60-55(69-60)42-47(14)40-46(13)41-50(17)62(19,45-52)73-78(29-10,30-11)31-12/h33,35-38,41,47,49,51-52,55,57-60H,13,20-32,34,39-40,42-45H2,1-12,14-19H3/b48-36+,50-41+/t47-,49-,51+,52-,55-,57+,58+,59+,60+,62-/m1/s1. The average Bonchev–Trinajstić information content (AvgIpc) is 4.19. The fourth-order valence-corrected chi connectivity index (χ4v) is 27.0. The van der Waals surface area contributed by atoms with Gasteiger partial charge in [0.15, 0.2) is 30.7 Å². The number of nitrogens with zero attached hydrogens (tertiary/aromatic N) is 1. The number of allylic oxidation sites excluding steroid dienone is 3. The second kappa shape index (κ2) is 32.9. The number of fused-ring (bicyclic) bond motifs is 1. The number of rotatable bonds is 23. The van der Waals surface area contributed by atoms with Gasteiger partial charge in [0.2, 0.25) is 0 Å². The molecule has 0 bridgehead atoms. The van der Waals surface area contributed by atoms with Gasteiger partial charge in [0.05, 0.1) is 0 Å². The number of ether oxygens (including phenoxy) is 2. The van der Waals surface area contributed by atoms with E-state index in [1.807, 2.05) is 32.1 Å². The van der Waals surface area contributed by atoms with Gasteiger partial charge in [0.1, 0.15) is 6.10 Å². The first-order chi connectivity index (χ1) is 36.9. The van der Waals surface area contributed by atoms with Crippen molar-refractivity contribution in [2.75, 3.05) is 0 Å². The van der Waals surface area contributed by atoms with Gasteiger partial charge in [0.25, 0.3) is 0 Å². The molecule has 0 unspecified atom stereocenters. The average molecular weight is 1220 g/mol. The van der Waals surface area contributed by atoms with Gasteiger partial charge in [-0.2, -0.15) is 0 Å². The molecule has 78 heavy (non-hydrogen) atoms. The molecular formula is C62H111NO10SeSi4. The van der Waals surface area contributed by atoms with Crippen LogP contribution in [0.5, 0.6) is 0 Å². The molecule has 2 heterocycles. The van der Waals surface area contributed by atoms with Crippen molar-refractivity contribution in [3.05, 3.63) is 69.8 Å². The van der Waals surface area contributed by atoms with Crippen molar-refractivity contribution in [2.24, 2.45) is 11.8 Å². The molecule has 1 aromatic rings. The van der Waals surface area contributed by atoms with E-state index in [1.165, 1.54) is 0 Å². The van der Waals surface area contributed by atoms with Crippen molar-refractivity contribution >= 4 is 70.1 Å². The Kier molecular flexibility index (Phi) is 29.7. The van der Waals surface area contributed by atoms with Crippen molar-refractivity contribution in [2.45, 2.75) is 296 Å². The Morgan fingerprint density at radius 1 is 0.744 bits per heavy atom. The molecule has 446 valence electrons. The van der Waals surface area contributed by atoms with E-state index in [0.717, 1.165) is 114 Å². The fourth-order valence-electron chi connectivity index (χ4n) is 12.3. The molecule has 1 saturated heterocycles. The number of Topliss-reactive ketones (excluding diaryl/α,β-unsaturated/α-hetero) is 1. The first-order valence-electron chi connectivity index (χ1n) is 30.9.